The van der Waals surface area contributed by atoms with Gasteiger partial charge in [0.2, 0.25) is 3.79 Å². The SMILES string of the molecule is Cc1cc([N+](=O)[O-])ccc1NC(=S)N[C@@H](NC(=O)OCc1ccccc1)C(Cl)(Cl)Cl. The highest BCUT2D eigenvalue weighted by Crippen LogP contribution is 2.29. The Labute approximate surface area is 193 Å². The molecule has 0 fully saturated rings. The van der Waals surface area contributed by atoms with Crippen LogP contribution < -0.4 is 16.0 Å². The normalized spacial score (nSPS) is 11.9. The zero-order valence-corrected chi connectivity index (χ0v) is 18.6. The van der Waals surface area contributed by atoms with Gasteiger partial charge < -0.3 is 15.4 Å². The van der Waals surface area contributed by atoms with Crippen LogP contribution in [0, 0.1) is 17.0 Å². The summed E-state index contributed by atoms with van der Waals surface area (Å²) in [5.74, 6) is 0. The molecule has 0 spiro atoms. The Bertz CT molecular complexity index is 925. The van der Waals surface area contributed by atoms with Crippen molar-refractivity contribution in [2.75, 3.05) is 5.32 Å². The highest BCUT2D eigenvalue weighted by molar-refractivity contribution is 7.80. The van der Waals surface area contributed by atoms with Crippen molar-refractivity contribution in [1.82, 2.24) is 10.6 Å². The lowest BCUT2D eigenvalue weighted by atomic mass is 10.2. The van der Waals surface area contributed by atoms with Gasteiger partial charge in [-0.15, -0.1) is 0 Å². The van der Waals surface area contributed by atoms with Crippen LogP contribution in [0.5, 0.6) is 0 Å². The Morgan fingerprint density at radius 1 is 1.20 bits per heavy atom. The molecule has 2 aromatic rings. The number of nitro groups is 1. The minimum Gasteiger partial charge on any atom is -0.445 e. The molecular formula is C18H17Cl3N4O4S. The topological polar surface area (TPSA) is 106 Å². The summed E-state index contributed by atoms with van der Waals surface area (Å²) in [7, 11) is 0. The number of ether oxygens (including phenoxy) is 1. The number of aryl methyl sites for hydroxylation is 1. The van der Waals surface area contributed by atoms with Crippen molar-refractivity contribution in [3.05, 3.63) is 69.8 Å². The molecule has 0 saturated carbocycles. The lowest BCUT2D eigenvalue weighted by Gasteiger charge is -2.27. The maximum Gasteiger partial charge on any atom is 0.409 e. The summed E-state index contributed by atoms with van der Waals surface area (Å²) in [5, 5.41) is 18.8. The number of hydrogen-bond acceptors (Lipinski definition) is 5. The van der Waals surface area contributed by atoms with Gasteiger partial charge in [-0.25, -0.2) is 4.79 Å². The molecule has 0 unspecified atom stereocenters. The zero-order valence-electron chi connectivity index (χ0n) is 15.5. The number of halogens is 3. The minimum atomic E-state index is -1.96. The molecule has 0 aliphatic rings. The van der Waals surface area contributed by atoms with E-state index < -0.39 is 21.0 Å². The fourth-order valence-electron chi connectivity index (χ4n) is 2.27. The van der Waals surface area contributed by atoms with Crippen molar-refractivity contribution >= 4 is 69.6 Å². The number of benzene rings is 2. The molecule has 0 bridgehead atoms. The number of nitrogens with zero attached hydrogens (tertiary/aromatic N) is 1. The van der Waals surface area contributed by atoms with Gasteiger partial charge in [0.1, 0.15) is 6.61 Å². The zero-order chi connectivity index (χ0) is 22.3. The van der Waals surface area contributed by atoms with Crippen LogP contribution in [-0.4, -0.2) is 26.1 Å². The van der Waals surface area contributed by atoms with E-state index in [1.165, 1.54) is 18.2 Å². The number of anilines is 1. The Balaban J connectivity index is 1.97. The molecule has 1 atom stereocenters. The summed E-state index contributed by atoms with van der Waals surface area (Å²) < 4.78 is 3.16. The smallest absolute Gasteiger partial charge is 0.409 e. The fourth-order valence-corrected chi connectivity index (χ4v) is 2.83. The quantitative estimate of drug-likeness (QED) is 0.175. The van der Waals surface area contributed by atoms with Crippen LogP contribution in [0.25, 0.3) is 0 Å². The van der Waals surface area contributed by atoms with E-state index in [4.69, 9.17) is 51.8 Å². The molecule has 12 heteroatoms. The third-order valence-electron chi connectivity index (χ3n) is 3.75. The van der Waals surface area contributed by atoms with Gasteiger partial charge >= 0.3 is 6.09 Å². The summed E-state index contributed by atoms with van der Waals surface area (Å²) >= 11 is 23.0. The summed E-state index contributed by atoms with van der Waals surface area (Å²) in [4.78, 5) is 22.4. The highest BCUT2D eigenvalue weighted by Gasteiger charge is 2.35. The average Bonchev–Trinajstić information content (AvgIpc) is 2.67. The van der Waals surface area contributed by atoms with Crippen LogP contribution in [-0.2, 0) is 11.3 Å². The van der Waals surface area contributed by atoms with Gasteiger partial charge in [-0.05, 0) is 36.3 Å². The Hall–Kier alpha value is -2.33. The first-order valence-electron chi connectivity index (χ1n) is 8.43. The summed E-state index contributed by atoms with van der Waals surface area (Å²) in [5.41, 5.74) is 1.82. The van der Waals surface area contributed by atoms with E-state index in [0.717, 1.165) is 5.56 Å². The van der Waals surface area contributed by atoms with Crippen LogP contribution in [0.1, 0.15) is 11.1 Å². The number of non-ortho nitro benzene ring substituents is 1. The minimum absolute atomic E-state index is 0.0200. The number of nitro benzene ring substituents is 1. The van der Waals surface area contributed by atoms with Gasteiger partial charge in [-0.2, -0.15) is 0 Å². The summed E-state index contributed by atoms with van der Waals surface area (Å²) in [6, 6.07) is 13.3. The second-order valence-corrected chi connectivity index (χ2v) is 8.81. The average molecular weight is 492 g/mol. The lowest BCUT2D eigenvalue weighted by molar-refractivity contribution is -0.384. The Morgan fingerprint density at radius 3 is 2.43 bits per heavy atom. The molecule has 0 heterocycles. The maximum atomic E-state index is 12.1. The number of amides is 1. The van der Waals surface area contributed by atoms with Crippen molar-refractivity contribution in [2.24, 2.45) is 0 Å². The van der Waals surface area contributed by atoms with Crippen molar-refractivity contribution in [3.63, 3.8) is 0 Å². The second kappa shape index (κ2) is 10.6. The standard InChI is InChI=1S/C18H17Cl3N4O4S/c1-11-9-13(25(27)28)7-8-14(11)22-16(30)23-15(18(19,20)21)24-17(26)29-10-12-5-3-2-4-6-12/h2-9,15H,10H2,1H3,(H,24,26)(H2,22,23,30)/t15-/m0/s1. The van der Waals surface area contributed by atoms with E-state index in [1.54, 1.807) is 19.1 Å². The monoisotopic (exact) mass is 490 g/mol. The van der Waals surface area contributed by atoms with Crippen molar-refractivity contribution in [1.29, 1.82) is 0 Å². The Kier molecular flexibility index (Phi) is 8.48. The number of hydrogen-bond donors (Lipinski definition) is 3. The molecule has 8 nitrogen and oxygen atoms in total. The van der Waals surface area contributed by atoms with Gasteiger partial charge in [0, 0.05) is 17.8 Å². The third-order valence-corrected chi connectivity index (χ3v) is 4.62. The molecule has 0 radical (unpaired) electrons. The lowest BCUT2D eigenvalue weighted by Crippen LogP contribution is -2.56. The fraction of sp³-hybridized carbons (Fsp3) is 0.222. The summed E-state index contributed by atoms with van der Waals surface area (Å²) in [6.07, 6.45) is -2.04. The predicted octanol–water partition coefficient (Wildman–Crippen LogP) is 4.81. The van der Waals surface area contributed by atoms with Gasteiger partial charge in [0.25, 0.3) is 5.69 Å². The van der Waals surface area contributed by atoms with Crippen LogP contribution >= 0.6 is 47.0 Å². The number of alkyl carbamates (subject to hydrolysis) is 1. The first-order chi connectivity index (χ1) is 14.1. The first kappa shape index (κ1) is 23.9. The molecule has 160 valence electrons. The number of carbonyl (C=O) groups excluding carboxylic acids is 1. The number of rotatable bonds is 6. The predicted molar refractivity (Wildman–Crippen MR) is 121 cm³/mol. The van der Waals surface area contributed by atoms with Crippen LogP contribution in [0.3, 0.4) is 0 Å². The van der Waals surface area contributed by atoms with Crippen LogP contribution in [0.15, 0.2) is 48.5 Å². The summed E-state index contributed by atoms with van der Waals surface area (Å²) in [6.45, 7) is 1.70. The van der Waals surface area contributed by atoms with Crippen LogP contribution in [0.2, 0.25) is 0 Å². The molecule has 2 aromatic carbocycles. The van der Waals surface area contributed by atoms with E-state index in [0.29, 0.717) is 11.3 Å². The molecular weight excluding hydrogens is 475 g/mol. The van der Waals surface area contributed by atoms with Gasteiger partial charge in [0.05, 0.1) is 4.92 Å². The molecule has 1 amide bonds. The number of thiocarbonyl (C=S) groups is 1. The van der Waals surface area contributed by atoms with E-state index >= 15 is 0 Å². The van der Waals surface area contributed by atoms with E-state index in [9.17, 15) is 14.9 Å². The third kappa shape index (κ3) is 7.49. The molecule has 3 N–H and O–H groups in total. The number of alkyl halides is 3. The Morgan fingerprint density at radius 2 is 1.87 bits per heavy atom. The number of nitrogens with one attached hydrogen (secondary N) is 3. The van der Waals surface area contributed by atoms with Gasteiger partial charge in [0.15, 0.2) is 11.3 Å². The maximum absolute atomic E-state index is 12.1. The van der Waals surface area contributed by atoms with E-state index in [1.807, 2.05) is 18.2 Å². The highest BCUT2D eigenvalue weighted by atomic mass is 35.6. The second-order valence-electron chi connectivity index (χ2n) is 6.04. The molecule has 0 aromatic heterocycles. The van der Waals surface area contributed by atoms with Crippen molar-refractivity contribution in [2.45, 2.75) is 23.5 Å². The van der Waals surface area contributed by atoms with Gasteiger partial charge in [-0.3, -0.25) is 15.4 Å². The molecule has 30 heavy (non-hydrogen) atoms. The molecule has 0 aliphatic heterocycles. The first-order valence-corrected chi connectivity index (χ1v) is 9.97. The van der Waals surface area contributed by atoms with Crippen molar-refractivity contribution in [3.8, 4) is 0 Å². The molecule has 0 saturated heterocycles. The van der Waals surface area contributed by atoms with Gasteiger partial charge in [-0.1, -0.05) is 65.1 Å². The number of carbonyl (C=O) groups is 1. The van der Waals surface area contributed by atoms with Crippen LogP contribution in [0.4, 0.5) is 16.2 Å². The van der Waals surface area contributed by atoms with Crippen molar-refractivity contribution < 1.29 is 14.5 Å². The largest absolute Gasteiger partial charge is 0.445 e. The van der Waals surface area contributed by atoms with E-state index in [-0.39, 0.29) is 17.4 Å². The molecule has 0 aliphatic carbocycles. The molecule has 2 rings (SSSR count). The van der Waals surface area contributed by atoms with E-state index in [2.05, 4.69) is 16.0 Å².